The van der Waals surface area contributed by atoms with E-state index in [2.05, 4.69) is 0 Å². The smallest absolute Gasteiger partial charge is 0.526 e. The number of hydrogen-bond acceptors (Lipinski definition) is 12. The van der Waals surface area contributed by atoms with Crippen LogP contribution in [0.4, 0.5) is 14.4 Å². The normalized spacial score (nSPS) is 22.0. The SMILES string of the molecule is CC(C)(C)OC(=O)N1CCC[C@@H]1C(=O)O[B-](OC(=O)[C@@H]1CCCN1C(=O)OC(C)(C)C)OC(=O)[C@@H]1CCCN1C(=O)OC(C)(C)C. The van der Waals surface area contributed by atoms with Crippen molar-refractivity contribution in [3.8, 4) is 0 Å². The van der Waals surface area contributed by atoms with Gasteiger partial charge in [-0.15, -0.1) is 0 Å². The summed E-state index contributed by atoms with van der Waals surface area (Å²) in [6, 6.07) is -3.28. The molecular formula is C30H48BN3O12-. The van der Waals surface area contributed by atoms with Gasteiger partial charge in [0.2, 0.25) is 0 Å². The van der Waals surface area contributed by atoms with E-state index in [-0.39, 0.29) is 38.9 Å². The number of likely N-dealkylation sites (tertiary alicyclic amines) is 3. The second kappa shape index (κ2) is 14.4. The largest absolute Gasteiger partial charge is 0.641 e. The first-order chi connectivity index (χ1) is 21.1. The lowest BCUT2D eigenvalue weighted by Crippen LogP contribution is -2.50. The number of carbonyl (C=O) groups is 6. The minimum atomic E-state index is -2.17. The lowest BCUT2D eigenvalue weighted by atomic mass is 10.1. The second-order valence-electron chi connectivity index (χ2n) is 14.6. The fourth-order valence-electron chi connectivity index (χ4n) is 5.24. The molecule has 0 aromatic carbocycles. The van der Waals surface area contributed by atoms with Crippen LogP contribution >= 0.6 is 0 Å². The zero-order valence-electron chi connectivity index (χ0n) is 28.4. The highest BCUT2D eigenvalue weighted by Crippen LogP contribution is 2.26. The maximum atomic E-state index is 13.4. The van der Waals surface area contributed by atoms with Crippen LogP contribution in [0.25, 0.3) is 0 Å². The summed E-state index contributed by atoms with van der Waals surface area (Å²) >= 11 is 0. The maximum absolute atomic E-state index is 13.4. The van der Waals surface area contributed by atoms with Gasteiger partial charge in [0.15, 0.2) is 0 Å². The van der Waals surface area contributed by atoms with Crippen molar-refractivity contribution in [2.75, 3.05) is 19.6 Å². The molecule has 3 heterocycles. The Labute approximate surface area is 270 Å². The number of amides is 3. The zero-order valence-corrected chi connectivity index (χ0v) is 28.4. The number of rotatable bonds is 6. The molecule has 259 valence electrons. The monoisotopic (exact) mass is 653 g/mol. The van der Waals surface area contributed by atoms with Crippen LogP contribution < -0.4 is 0 Å². The van der Waals surface area contributed by atoms with Crippen molar-refractivity contribution in [3.05, 3.63) is 0 Å². The average Bonchev–Trinajstić information content (AvgIpc) is 3.66. The van der Waals surface area contributed by atoms with Crippen molar-refractivity contribution in [2.45, 2.75) is 136 Å². The molecule has 0 N–H and O–H groups in total. The number of carbonyl (C=O) groups excluding carboxylic acids is 6. The number of nitrogens with zero attached hydrogens (tertiary/aromatic N) is 3. The molecule has 0 aromatic rings. The molecule has 0 spiro atoms. The molecule has 3 atom stereocenters. The first-order valence-electron chi connectivity index (χ1n) is 15.8. The van der Waals surface area contributed by atoms with Crippen LogP contribution in [-0.2, 0) is 42.6 Å². The number of ether oxygens (including phenoxy) is 3. The van der Waals surface area contributed by atoms with E-state index in [1.165, 1.54) is 14.7 Å². The lowest BCUT2D eigenvalue weighted by Gasteiger charge is -2.36. The maximum Gasteiger partial charge on any atom is 0.526 e. The Morgan fingerprint density at radius 2 is 0.717 bits per heavy atom. The van der Waals surface area contributed by atoms with E-state index in [4.69, 9.17) is 28.2 Å². The van der Waals surface area contributed by atoms with Crippen LogP contribution in [0.3, 0.4) is 0 Å². The van der Waals surface area contributed by atoms with Gasteiger partial charge in [-0.05, 0) is 101 Å². The van der Waals surface area contributed by atoms with E-state index in [0.29, 0.717) is 19.3 Å². The van der Waals surface area contributed by atoms with E-state index in [9.17, 15) is 28.8 Å². The lowest BCUT2D eigenvalue weighted by molar-refractivity contribution is -0.153. The molecule has 0 aliphatic carbocycles. The van der Waals surface area contributed by atoms with Crippen molar-refractivity contribution < 1.29 is 56.9 Å². The highest BCUT2D eigenvalue weighted by atomic mass is 16.8. The van der Waals surface area contributed by atoms with Gasteiger partial charge in [0.05, 0.1) is 0 Å². The van der Waals surface area contributed by atoms with Crippen LogP contribution in [0, 0.1) is 0 Å². The summed E-state index contributed by atoms with van der Waals surface area (Å²) in [5.41, 5.74) is -2.45. The van der Waals surface area contributed by atoms with E-state index in [0.717, 1.165) is 0 Å². The highest BCUT2D eigenvalue weighted by Gasteiger charge is 2.42. The molecule has 3 fully saturated rings. The van der Waals surface area contributed by atoms with Crippen LogP contribution in [0.15, 0.2) is 0 Å². The first kappa shape index (κ1) is 36.7. The van der Waals surface area contributed by atoms with Crippen LogP contribution in [0.1, 0.15) is 101 Å². The van der Waals surface area contributed by atoms with E-state index in [1.807, 2.05) is 0 Å². The summed E-state index contributed by atoms with van der Waals surface area (Å²) in [5, 5.41) is 0. The fraction of sp³-hybridized carbons (Fsp3) is 0.800. The first-order valence-corrected chi connectivity index (χ1v) is 15.8. The molecule has 3 amide bonds. The topological polar surface area (TPSA) is 168 Å². The molecule has 3 aliphatic heterocycles. The summed E-state index contributed by atoms with van der Waals surface area (Å²) < 4.78 is 32.5. The van der Waals surface area contributed by atoms with Gasteiger partial charge < -0.3 is 28.2 Å². The van der Waals surface area contributed by atoms with Gasteiger partial charge in [0, 0.05) is 19.6 Å². The molecule has 0 saturated carbocycles. The van der Waals surface area contributed by atoms with Gasteiger partial charge in [0.1, 0.15) is 34.9 Å². The van der Waals surface area contributed by atoms with Gasteiger partial charge in [-0.1, -0.05) is 0 Å². The van der Waals surface area contributed by atoms with Gasteiger partial charge >= 0.3 is 25.6 Å². The molecule has 3 aliphatic rings. The third kappa shape index (κ3) is 10.4. The minimum Gasteiger partial charge on any atom is -0.641 e. The molecule has 16 heteroatoms. The molecule has 0 bridgehead atoms. The predicted octanol–water partition coefficient (Wildman–Crippen LogP) is 3.80. The van der Waals surface area contributed by atoms with Crippen LogP contribution in [0.2, 0.25) is 0 Å². The molecular weight excluding hydrogens is 605 g/mol. The van der Waals surface area contributed by atoms with Gasteiger partial charge in [-0.2, -0.15) is 0 Å². The Bertz CT molecular complexity index is 1030. The molecule has 15 nitrogen and oxygen atoms in total. The Hall–Kier alpha value is -3.72. The van der Waals surface area contributed by atoms with Gasteiger partial charge in [0.25, 0.3) is 17.9 Å². The van der Waals surface area contributed by atoms with E-state index in [1.54, 1.807) is 62.3 Å². The minimum absolute atomic E-state index is 0.221. The molecule has 0 unspecified atom stereocenters. The molecule has 46 heavy (non-hydrogen) atoms. The standard InChI is InChI=1S/C30H48BN3O12/c1-28(2,3)41-25(38)32-16-10-13-19(32)22(35)44-31(45-23(36)20-14-11-17-33(20)26(39)42-29(4,5)6)46-24(37)21-15-12-18-34(21)27(40)43-30(7,8)9/h19-21H,10-18H2,1-9H3/q-1/t19-,20-,21+/m0/s1. The fourth-order valence-corrected chi connectivity index (χ4v) is 5.24. The van der Waals surface area contributed by atoms with Crippen molar-refractivity contribution in [2.24, 2.45) is 0 Å². The average molecular weight is 654 g/mol. The molecule has 0 aromatic heterocycles. The molecule has 1 radical (unpaired) electrons. The van der Waals surface area contributed by atoms with Crippen LogP contribution in [0.5, 0.6) is 0 Å². The van der Waals surface area contributed by atoms with Gasteiger partial charge in [-0.25, -0.2) is 14.4 Å². The summed E-state index contributed by atoms with van der Waals surface area (Å²) in [5.74, 6) is -2.96. The summed E-state index contributed by atoms with van der Waals surface area (Å²) in [4.78, 5) is 82.1. The quantitative estimate of drug-likeness (QED) is 0.301. The molecule has 3 saturated heterocycles. The van der Waals surface area contributed by atoms with Crippen LogP contribution in [-0.4, -0.2) is 113 Å². The van der Waals surface area contributed by atoms with Crippen molar-refractivity contribution in [1.29, 1.82) is 0 Å². The second-order valence-corrected chi connectivity index (χ2v) is 14.6. The Morgan fingerprint density at radius 3 is 0.935 bits per heavy atom. The molecule has 3 rings (SSSR count). The van der Waals surface area contributed by atoms with Gasteiger partial charge in [-0.3, -0.25) is 29.1 Å². The Morgan fingerprint density at radius 1 is 0.478 bits per heavy atom. The predicted molar refractivity (Wildman–Crippen MR) is 162 cm³/mol. The summed E-state index contributed by atoms with van der Waals surface area (Å²) in [6.07, 6.45) is -0.0548. The summed E-state index contributed by atoms with van der Waals surface area (Å²) in [6.45, 7) is 15.9. The third-order valence-corrected chi connectivity index (χ3v) is 7.10. The Kier molecular flexibility index (Phi) is 11.5. The zero-order chi connectivity index (χ0) is 34.6. The van der Waals surface area contributed by atoms with Crippen molar-refractivity contribution in [1.82, 2.24) is 14.7 Å². The van der Waals surface area contributed by atoms with E-state index < -0.39 is 78.4 Å². The third-order valence-electron chi connectivity index (χ3n) is 7.10. The van der Waals surface area contributed by atoms with Crippen molar-refractivity contribution in [3.63, 3.8) is 0 Å². The Balaban J connectivity index is 1.80. The highest BCUT2D eigenvalue weighted by molar-refractivity contribution is 6.44. The van der Waals surface area contributed by atoms with Crippen molar-refractivity contribution >= 4 is 43.5 Å². The summed E-state index contributed by atoms with van der Waals surface area (Å²) in [7, 11) is -2.17. The van der Waals surface area contributed by atoms with E-state index >= 15 is 0 Å². The number of hydrogen-bond donors (Lipinski definition) is 0.